The van der Waals surface area contributed by atoms with Crippen molar-refractivity contribution in [3.05, 3.63) is 59.6 Å². The van der Waals surface area contributed by atoms with Crippen molar-refractivity contribution in [3.63, 3.8) is 0 Å². The van der Waals surface area contributed by atoms with E-state index in [9.17, 15) is 9.18 Å². The Morgan fingerprint density at radius 1 is 1.15 bits per heavy atom. The van der Waals surface area contributed by atoms with Gasteiger partial charge in [-0.25, -0.2) is 4.39 Å². The molecule has 26 heavy (non-hydrogen) atoms. The van der Waals surface area contributed by atoms with Crippen LogP contribution in [0.3, 0.4) is 0 Å². The molecule has 0 spiro atoms. The number of aromatic nitrogens is 3. The summed E-state index contributed by atoms with van der Waals surface area (Å²) >= 11 is 0. The van der Waals surface area contributed by atoms with E-state index in [0.29, 0.717) is 11.3 Å². The number of carbonyl (C=O) groups excluding carboxylic acids is 1. The molecule has 1 aliphatic heterocycles. The number of halogens is 1. The molecule has 0 aliphatic carbocycles. The molecule has 1 aliphatic rings. The van der Waals surface area contributed by atoms with Gasteiger partial charge in [-0.1, -0.05) is 18.6 Å². The highest BCUT2D eigenvalue weighted by Crippen LogP contribution is 2.24. The first kappa shape index (κ1) is 16.5. The average molecular weight is 354 g/mol. The maximum atomic E-state index is 13.8. The van der Waals surface area contributed by atoms with Crippen LogP contribution >= 0.6 is 0 Å². The second kappa shape index (κ2) is 7.11. The molecule has 0 saturated carbocycles. The van der Waals surface area contributed by atoms with Crippen molar-refractivity contribution in [3.8, 4) is 11.3 Å². The van der Waals surface area contributed by atoms with Crippen LogP contribution in [0.1, 0.15) is 41.5 Å². The molecule has 3 heterocycles. The number of nitrogens with zero attached hydrogens (tertiary/aromatic N) is 3. The summed E-state index contributed by atoms with van der Waals surface area (Å²) in [4.78, 5) is 12.3. The van der Waals surface area contributed by atoms with Gasteiger partial charge in [0.2, 0.25) is 0 Å². The maximum Gasteiger partial charge on any atom is 0.287 e. The Kier molecular flexibility index (Phi) is 4.51. The van der Waals surface area contributed by atoms with Gasteiger partial charge >= 0.3 is 0 Å². The highest BCUT2D eigenvalue weighted by molar-refractivity contribution is 5.92. The quantitative estimate of drug-likeness (QED) is 0.780. The summed E-state index contributed by atoms with van der Waals surface area (Å²) < 4.78 is 21.4. The third-order valence-electron chi connectivity index (χ3n) is 4.56. The number of fused-ring (bicyclic) bond motifs is 1. The lowest BCUT2D eigenvalue weighted by Crippen LogP contribution is -2.24. The van der Waals surface area contributed by atoms with Crippen molar-refractivity contribution in [1.29, 1.82) is 0 Å². The predicted octanol–water partition coefficient (Wildman–Crippen LogP) is 3.33. The molecule has 0 saturated heterocycles. The summed E-state index contributed by atoms with van der Waals surface area (Å²) in [7, 11) is 0. The second-order valence-corrected chi connectivity index (χ2v) is 6.32. The van der Waals surface area contributed by atoms with Gasteiger partial charge in [0, 0.05) is 13.0 Å². The van der Waals surface area contributed by atoms with Crippen molar-refractivity contribution < 1.29 is 13.6 Å². The Hall–Kier alpha value is -2.96. The molecule has 6 nitrogen and oxygen atoms in total. The molecule has 0 bridgehead atoms. The van der Waals surface area contributed by atoms with E-state index in [2.05, 4.69) is 20.1 Å². The number of carbonyl (C=O) groups is 1. The van der Waals surface area contributed by atoms with Gasteiger partial charge in [0.1, 0.15) is 17.4 Å². The van der Waals surface area contributed by atoms with E-state index in [4.69, 9.17) is 4.42 Å². The van der Waals surface area contributed by atoms with Crippen LogP contribution in [-0.2, 0) is 19.5 Å². The van der Waals surface area contributed by atoms with Gasteiger partial charge in [0.05, 0.1) is 12.1 Å². The summed E-state index contributed by atoms with van der Waals surface area (Å²) in [5.41, 5.74) is 0.328. The first-order valence-corrected chi connectivity index (χ1v) is 8.76. The van der Waals surface area contributed by atoms with Crippen molar-refractivity contribution in [1.82, 2.24) is 20.1 Å². The summed E-state index contributed by atoms with van der Waals surface area (Å²) in [6, 6.07) is 9.43. The van der Waals surface area contributed by atoms with E-state index in [1.165, 1.54) is 12.5 Å². The van der Waals surface area contributed by atoms with Crippen LogP contribution in [0.15, 0.2) is 40.8 Å². The molecular weight excluding hydrogens is 335 g/mol. The van der Waals surface area contributed by atoms with Crippen LogP contribution in [0.25, 0.3) is 11.3 Å². The van der Waals surface area contributed by atoms with Crippen LogP contribution in [0.2, 0.25) is 0 Å². The Morgan fingerprint density at radius 3 is 2.92 bits per heavy atom. The lowest BCUT2D eigenvalue weighted by atomic mass is 10.1. The summed E-state index contributed by atoms with van der Waals surface area (Å²) in [5.74, 6) is 1.43. The van der Waals surface area contributed by atoms with E-state index in [1.807, 2.05) is 0 Å². The van der Waals surface area contributed by atoms with Gasteiger partial charge in [-0.3, -0.25) is 4.79 Å². The lowest BCUT2D eigenvalue weighted by Gasteiger charge is -2.07. The Balaban J connectivity index is 1.45. The number of nitrogens with one attached hydrogen (secondary N) is 1. The molecule has 0 fully saturated rings. The van der Waals surface area contributed by atoms with Gasteiger partial charge in [-0.15, -0.1) is 10.2 Å². The summed E-state index contributed by atoms with van der Waals surface area (Å²) in [6.45, 7) is 1.16. The third kappa shape index (κ3) is 3.24. The van der Waals surface area contributed by atoms with Crippen molar-refractivity contribution in [2.45, 2.75) is 38.8 Å². The zero-order chi connectivity index (χ0) is 17.9. The van der Waals surface area contributed by atoms with Gasteiger partial charge in [-0.2, -0.15) is 0 Å². The SMILES string of the molecule is O=C(NCc1nnc2n1CCCCC2)c1ccc(-c2ccccc2F)o1. The molecule has 1 amide bonds. The molecule has 7 heteroatoms. The molecule has 0 unspecified atom stereocenters. The number of hydrogen-bond acceptors (Lipinski definition) is 4. The van der Waals surface area contributed by atoms with Crippen LogP contribution in [-0.4, -0.2) is 20.7 Å². The minimum absolute atomic E-state index is 0.138. The molecule has 0 atom stereocenters. The molecular formula is C19H19FN4O2. The number of rotatable bonds is 4. The molecule has 0 radical (unpaired) electrons. The number of benzene rings is 1. The number of furan rings is 1. The fraction of sp³-hybridized carbons (Fsp3) is 0.316. The standard InChI is InChI=1S/C19H19FN4O2/c20-14-7-4-3-6-13(14)15-9-10-16(26-15)19(25)21-12-18-23-22-17-8-2-1-5-11-24(17)18/h3-4,6-7,9-10H,1-2,5,8,11-12H2,(H,21,25). The predicted molar refractivity (Wildman–Crippen MR) is 92.8 cm³/mol. The summed E-state index contributed by atoms with van der Waals surface area (Å²) in [6.07, 6.45) is 4.32. The monoisotopic (exact) mass is 354 g/mol. The first-order valence-electron chi connectivity index (χ1n) is 8.76. The highest BCUT2D eigenvalue weighted by atomic mass is 19.1. The molecule has 1 N–H and O–H groups in total. The van der Waals surface area contributed by atoms with Crippen molar-refractivity contribution in [2.24, 2.45) is 0 Å². The minimum Gasteiger partial charge on any atom is -0.451 e. The van der Waals surface area contributed by atoms with Crippen LogP contribution in [0.5, 0.6) is 0 Å². The summed E-state index contributed by atoms with van der Waals surface area (Å²) in [5, 5.41) is 11.2. The van der Waals surface area contributed by atoms with Gasteiger partial charge in [0.15, 0.2) is 11.6 Å². The van der Waals surface area contributed by atoms with Crippen molar-refractivity contribution in [2.75, 3.05) is 0 Å². The molecule has 134 valence electrons. The van der Waals surface area contributed by atoms with Crippen LogP contribution in [0.4, 0.5) is 4.39 Å². The van der Waals surface area contributed by atoms with E-state index >= 15 is 0 Å². The minimum atomic E-state index is -0.389. The fourth-order valence-corrected chi connectivity index (χ4v) is 3.19. The van der Waals surface area contributed by atoms with E-state index in [-0.39, 0.29) is 24.0 Å². The topological polar surface area (TPSA) is 73.0 Å². The second-order valence-electron chi connectivity index (χ2n) is 6.32. The zero-order valence-corrected chi connectivity index (χ0v) is 14.2. The van der Waals surface area contributed by atoms with Crippen molar-refractivity contribution >= 4 is 5.91 Å². The van der Waals surface area contributed by atoms with Crippen LogP contribution < -0.4 is 5.32 Å². The van der Waals surface area contributed by atoms with E-state index in [1.54, 1.807) is 30.3 Å². The Bertz CT molecular complexity index is 931. The Morgan fingerprint density at radius 2 is 2.04 bits per heavy atom. The molecule has 2 aromatic heterocycles. The first-order chi connectivity index (χ1) is 12.7. The number of hydrogen-bond donors (Lipinski definition) is 1. The molecule has 4 rings (SSSR count). The normalized spacial score (nSPS) is 13.9. The van der Waals surface area contributed by atoms with Gasteiger partial charge in [0.25, 0.3) is 5.91 Å². The third-order valence-corrected chi connectivity index (χ3v) is 4.56. The molecule has 3 aromatic rings. The average Bonchev–Trinajstić information content (AvgIpc) is 3.22. The van der Waals surface area contributed by atoms with Gasteiger partial charge in [-0.05, 0) is 37.1 Å². The Labute approximate surface area is 150 Å². The zero-order valence-electron chi connectivity index (χ0n) is 14.2. The highest BCUT2D eigenvalue weighted by Gasteiger charge is 2.17. The smallest absolute Gasteiger partial charge is 0.287 e. The van der Waals surface area contributed by atoms with E-state index in [0.717, 1.165) is 37.5 Å². The van der Waals surface area contributed by atoms with E-state index < -0.39 is 0 Å². The number of aryl methyl sites for hydroxylation is 1. The number of amides is 1. The largest absolute Gasteiger partial charge is 0.451 e. The molecule has 1 aromatic carbocycles. The van der Waals surface area contributed by atoms with Gasteiger partial charge < -0.3 is 14.3 Å². The fourth-order valence-electron chi connectivity index (χ4n) is 3.19. The maximum absolute atomic E-state index is 13.8. The lowest BCUT2D eigenvalue weighted by molar-refractivity contribution is 0.0922. The van der Waals surface area contributed by atoms with Crippen LogP contribution in [0, 0.1) is 5.82 Å².